The zero-order valence-electron chi connectivity index (χ0n) is 18.9. The van der Waals surface area contributed by atoms with Gasteiger partial charge in [0.2, 0.25) is 0 Å². The lowest BCUT2D eigenvalue weighted by Gasteiger charge is -2.15. The smallest absolute Gasteiger partial charge is 0.191 e. The van der Waals surface area contributed by atoms with Gasteiger partial charge in [-0.25, -0.2) is 0 Å². The van der Waals surface area contributed by atoms with Gasteiger partial charge in [0.1, 0.15) is 11.5 Å². The highest BCUT2D eigenvalue weighted by Crippen LogP contribution is 2.31. The van der Waals surface area contributed by atoms with Crippen LogP contribution in [0, 0.1) is 5.92 Å². The van der Waals surface area contributed by atoms with Crippen molar-refractivity contribution in [1.29, 1.82) is 0 Å². The first-order valence-corrected chi connectivity index (χ1v) is 11.0. The number of H-pyrrole nitrogens is 1. The van der Waals surface area contributed by atoms with E-state index in [2.05, 4.69) is 35.5 Å². The quantitative estimate of drug-likeness (QED) is 0.227. The number of ether oxygens (including phenoxy) is 2. The number of benzene rings is 1. The first kappa shape index (κ1) is 23.9. The summed E-state index contributed by atoms with van der Waals surface area (Å²) < 4.78 is 10.8. The summed E-state index contributed by atoms with van der Waals surface area (Å²) in [5.74, 6) is 2.88. The van der Waals surface area contributed by atoms with Crippen molar-refractivity contribution in [3.8, 4) is 11.5 Å². The number of aryl methyl sites for hydroxylation is 1. The number of guanidine groups is 1. The molecule has 0 aliphatic rings. The molecule has 1 aromatic heterocycles. The fourth-order valence-corrected chi connectivity index (χ4v) is 3.62. The molecule has 0 saturated heterocycles. The van der Waals surface area contributed by atoms with Crippen molar-refractivity contribution in [3.05, 3.63) is 23.9 Å². The number of aliphatic hydroxyl groups excluding tert-OH is 1. The van der Waals surface area contributed by atoms with Crippen molar-refractivity contribution >= 4 is 16.9 Å². The Morgan fingerprint density at radius 3 is 2.63 bits per heavy atom. The lowest BCUT2D eigenvalue weighted by molar-refractivity contribution is 0.253. The van der Waals surface area contributed by atoms with Gasteiger partial charge in [0, 0.05) is 49.5 Å². The van der Waals surface area contributed by atoms with Crippen molar-refractivity contribution in [2.45, 2.75) is 46.0 Å². The van der Waals surface area contributed by atoms with Crippen LogP contribution in [0.15, 0.2) is 23.2 Å². The zero-order chi connectivity index (χ0) is 21.8. The van der Waals surface area contributed by atoms with Crippen LogP contribution < -0.4 is 20.1 Å². The minimum Gasteiger partial charge on any atom is -0.497 e. The summed E-state index contributed by atoms with van der Waals surface area (Å²) in [4.78, 5) is 8.19. The van der Waals surface area contributed by atoms with Crippen molar-refractivity contribution in [1.82, 2.24) is 15.6 Å². The molecule has 1 unspecified atom stereocenters. The first-order chi connectivity index (χ1) is 14.6. The van der Waals surface area contributed by atoms with Crippen molar-refractivity contribution < 1.29 is 14.6 Å². The fourth-order valence-electron chi connectivity index (χ4n) is 3.62. The van der Waals surface area contributed by atoms with Crippen LogP contribution in [0.1, 0.15) is 45.2 Å². The summed E-state index contributed by atoms with van der Waals surface area (Å²) in [5, 5.41) is 17.0. The molecule has 1 heterocycles. The van der Waals surface area contributed by atoms with Crippen LogP contribution in [-0.4, -0.2) is 56.5 Å². The summed E-state index contributed by atoms with van der Waals surface area (Å²) in [7, 11) is 3.34. The fraction of sp³-hybridized carbons (Fsp3) is 0.609. The average Bonchev–Trinajstić information content (AvgIpc) is 3.17. The second-order valence-electron chi connectivity index (χ2n) is 7.50. The van der Waals surface area contributed by atoms with Crippen molar-refractivity contribution in [2.75, 3.05) is 40.5 Å². The molecule has 0 spiro atoms. The van der Waals surface area contributed by atoms with Crippen LogP contribution in [0.25, 0.3) is 10.9 Å². The monoisotopic (exact) mass is 418 g/mol. The van der Waals surface area contributed by atoms with Crippen LogP contribution in [0.4, 0.5) is 0 Å². The number of aliphatic hydroxyl groups is 1. The highest BCUT2D eigenvalue weighted by Gasteiger charge is 2.10. The Bertz CT molecular complexity index is 782. The molecule has 0 amide bonds. The minimum atomic E-state index is 0.227. The normalized spacial score (nSPS) is 12.8. The molecule has 0 aliphatic carbocycles. The number of aromatic amines is 1. The standard InChI is InChI=1S/C23H38N4O3/c1-5-8-17(10-12-28)16-26-23(24-6-2)25-11-7-9-18-13-20-21(27-18)14-19(29-3)15-22(20)30-4/h13-15,17,27-28H,5-12,16H2,1-4H3,(H2,24,25,26). The molecule has 168 valence electrons. The van der Waals surface area contributed by atoms with Crippen LogP contribution >= 0.6 is 0 Å². The molecule has 0 aliphatic heterocycles. The van der Waals surface area contributed by atoms with E-state index in [1.165, 1.54) is 5.69 Å². The van der Waals surface area contributed by atoms with Gasteiger partial charge in [-0.05, 0) is 44.6 Å². The Morgan fingerprint density at radius 1 is 1.13 bits per heavy atom. The van der Waals surface area contributed by atoms with Gasteiger partial charge < -0.3 is 30.2 Å². The van der Waals surface area contributed by atoms with Gasteiger partial charge >= 0.3 is 0 Å². The van der Waals surface area contributed by atoms with E-state index in [9.17, 15) is 5.11 Å². The van der Waals surface area contributed by atoms with Crippen LogP contribution in [0.5, 0.6) is 11.5 Å². The lowest BCUT2D eigenvalue weighted by atomic mass is 10.0. The molecule has 7 heteroatoms. The molecule has 4 N–H and O–H groups in total. The summed E-state index contributed by atoms with van der Waals surface area (Å²) in [5.41, 5.74) is 2.20. The van der Waals surface area contributed by atoms with E-state index in [1.807, 2.05) is 12.1 Å². The molecular formula is C23H38N4O3. The Hall–Kier alpha value is -2.41. The number of hydrogen-bond donors (Lipinski definition) is 4. The van der Waals surface area contributed by atoms with E-state index in [0.29, 0.717) is 5.92 Å². The molecule has 0 bridgehead atoms. The summed E-state index contributed by atoms with van der Waals surface area (Å²) in [6, 6.07) is 6.05. The number of nitrogens with zero attached hydrogens (tertiary/aromatic N) is 1. The largest absolute Gasteiger partial charge is 0.497 e. The molecule has 0 fully saturated rings. The molecule has 2 aromatic rings. The van der Waals surface area contributed by atoms with E-state index >= 15 is 0 Å². The predicted octanol–water partition coefficient (Wildman–Crippen LogP) is 3.47. The molecule has 1 atom stereocenters. The number of aromatic nitrogens is 1. The maximum Gasteiger partial charge on any atom is 0.191 e. The third-order valence-electron chi connectivity index (χ3n) is 5.19. The maximum atomic E-state index is 9.23. The van der Waals surface area contributed by atoms with Gasteiger partial charge in [-0.2, -0.15) is 0 Å². The molecular weight excluding hydrogens is 380 g/mol. The summed E-state index contributed by atoms with van der Waals surface area (Å²) in [6.45, 7) is 6.88. The van der Waals surface area contributed by atoms with Gasteiger partial charge in [0.25, 0.3) is 0 Å². The summed E-state index contributed by atoms with van der Waals surface area (Å²) >= 11 is 0. The average molecular weight is 419 g/mol. The van der Waals surface area contributed by atoms with Gasteiger partial charge in [-0.1, -0.05) is 13.3 Å². The van der Waals surface area contributed by atoms with Gasteiger partial charge in [-0.15, -0.1) is 0 Å². The van der Waals surface area contributed by atoms with Gasteiger partial charge in [0.05, 0.1) is 19.7 Å². The highest BCUT2D eigenvalue weighted by molar-refractivity contribution is 5.88. The van der Waals surface area contributed by atoms with Gasteiger partial charge in [0.15, 0.2) is 5.96 Å². The number of fused-ring (bicyclic) bond motifs is 1. The van der Waals surface area contributed by atoms with E-state index in [4.69, 9.17) is 14.5 Å². The molecule has 0 radical (unpaired) electrons. The molecule has 7 nitrogen and oxygen atoms in total. The second kappa shape index (κ2) is 13.0. The van der Waals surface area contributed by atoms with Crippen molar-refractivity contribution in [3.63, 3.8) is 0 Å². The Morgan fingerprint density at radius 2 is 1.97 bits per heavy atom. The second-order valence-corrected chi connectivity index (χ2v) is 7.50. The van der Waals surface area contributed by atoms with Crippen LogP contribution in [0.3, 0.4) is 0 Å². The van der Waals surface area contributed by atoms with E-state index in [0.717, 1.165) is 80.1 Å². The number of hydrogen-bond acceptors (Lipinski definition) is 4. The molecule has 30 heavy (non-hydrogen) atoms. The molecule has 0 saturated carbocycles. The predicted molar refractivity (Wildman–Crippen MR) is 124 cm³/mol. The number of methoxy groups -OCH3 is 2. The number of nitrogens with one attached hydrogen (secondary N) is 3. The van der Waals surface area contributed by atoms with Crippen LogP contribution in [-0.2, 0) is 6.42 Å². The van der Waals surface area contributed by atoms with E-state index < -0.39 is 0 Å². The highest BCUT2D eigenvalue weighted by atomic mass is 16.5. The SMILES string of the molecule is CCCC(CCO)CN=C(NCC)NCCCc1cc2c(OC)cc(OC)cc2[nH]1. The van der Waals surface area contributed by atoms with Crippen LogP contribution in [0.2, 0.25) is 0 Å². The number of rotatable bonds is 13. The van der Waals surface area contributed by atoms with Crippen molar-refractivity contribution in [2.24, 2.45) is 10.9 Å². The Kier molecular flexibility index (Phi) is 10.3. The van der Waals surface area contributed by atoms with E-state index in [1.54, 1.807) is 14.2 Å². The third kappa shape index (κ3) is 7.13. The topological polar surface area (TPSA) is 90.9 Å². The zero-order valence-corrected chi connectivity index (χ0v) is 18.9. The Balaban J connectivity index is 1.90. The minimum absolute atomic E-state index is 0.227. The van der Waals surface area contributed by atoms with E-state index in [-0.39, 0.29) is 6.61 Å². The summed E-state index contributed by atoms with van der Waals surface area (Å²) in [6.07, 6.45) is 4.93. The number of aliphatic imine (C=N–C) groups is 1. The lowest BCUT2D eigenvalue weighted by Crippen LogP contribution is -2.38. The van der Waals surface area contributed by atoms with Gasteiger partial charge in [-0.3, -0.25) is 4.99 Å². The maximum absolute atomic E-state index is 9.23. The molecule has 1 aromatic carbocycles. The Labute approximate surface area is 180 Å². The first-order valence-electron chi connectivity index (χ1n) is 11.0. The molecule has 2 rings (SSSR count). The third-order valence-corrected chi connectivity index (χ3v) is 5.19.